The molecule has 12 heavy (non-hydrogen) atoms. The number of allylic oxidation sites excluding steroid dienone is 2. The first-order chi connectivity index (χ1) is 5.62. The Morgan fingerprint density at radius 2 is 2.25 bits per heavy atom. The quantitative estimate of drug-likeness (QED) is 0.463. The molecule has 0 N–H and O–H groups in total. The fourth-order valence-corrected chi connectivity index (χ4v) is 1.47. The molecule has 1 heterocycles. The highest BCUT2D eigenvalue weighted by Gasteiger charge is 2.49. The van der Waals surface area contributed by atoms with Crippen molar-refractivity contribution >= 4 is 0 Å². The molecule has 0 spiro atoms. The van der Waals surface area contributed by atoms with Gasteiger partial charge in [0.25, 0.3) is 0 Å². The van der Waals surface area contributed by atoms with Crippen LogP contribution >= 0.6 is 0 Å². The summed E-state index contributed by atoms with van der Waals surface area (Å²) in [4.78, 5) is 0. The summed E-state index contributed by atoms with van der Waals surface area (Å²) in [6.45, 7) is 8.69. The molecule has 0 radical (unpaired) electrons. The molecule has 1 fully saturated rings. The second-order valence-electron chi connectivity index (χ2n) is 3.95. The molecule has 0 saturated carbocycles. The van der Waals surface area contributed by atoms with Crippen LogP contribution in [0.15, 0.2) is 11.6 Å². The van der Waals surface area contributed by atoms with E-state index in [0.717, 1.165) is 6.42 Å². The van der Waals surface area contributed by atoms with Crippen LogP contribution in [0.2, 0.25) is 0 Å². The van der Waals surface area contributed by atoms with Gasteiger partial charge in [-0.1, -0.05) is 18.6 Å². The predicted molar refractivity (Wildman–Crippen MR) is 52.2 cm³/mol. The lowest BCUT2D eigenvalue weighted by Gasteiger charge is -2.01. The number of ether oxygens (including phenoxy) is 1. The smallest absolute Gasteiger partial charge is 0.0918 e. The number of epoxide rings is 1. The highest BCUT2D eigenvalue weighted by atomic mass is 16.6. The van der Waals surface area contributed by atoms with Crippen LogP contribution in [0.3, 0.4) is 0 Å². The molecule has 1 nitrogen and oxygen atoms in total. The van der Waals surface area contributed by atoms with E-state index in [1.807, 2.05) is 0 Å². The van der Waals surface area contributed by atoms with Crippen molar-refractivity contribution in [2.45, 2.75) is 58.7 Å². The van der Waals surface area contributed by atoms with Crippen molar-refractivity contribution in [2.75, 3.05) is 0 Å². The van der Waals surface area contributed by atoms with Crippen LogP contribution in [-0.4, -0.2) is 11.7 Å². The molecule has 70 valence electrons. The van der Waals surface area contributed by atoms with Crippen molar-refractivity contribution in [3.05, 3.63) is 11.6 Å². The lowest BCUT2D eigenvalue weighted by Crippen LogP contribution is -2.07. The third-order valence-electron chi connectivity index (χ3n) is 3.03. The standard InChI is InChI=1S/C11H20O/c1-5-9(3)7-8-10-11(4,6-2)12-10/h5,10H,6-8H2,1-4H3. The molecule has 0 aromatic carbocycles. The van der Waals surface area contributed by atoms with E-state index in [-0.39, 0.29) is 5.60 Å². The zero-order valence-electron chi connectivity index (χ0n) is 8.68. The Morgan fingerprint density at radius 3 is 2.67 bits per heavy atom. The first-order valence-electron chi connectivity index (χ1n) is 4.92. The first-order valence-corrected chi connectivity index (χ1v) is 4.92. The van der Waals surface area contributed by atoms with E-state index < -0.39 is 0 Å². The zero-order chi connectivity index (χ0) is 9.19. The summed E-state index contributed by atoms with van der Waals surface area (Å²) in [6.07, 6.45) is 6.24. The van der Waals surface area contributed by atoms with E-state index in [1.54, 1.807) is 0 Å². The second kappa shape index (κ2) is 3.61. The topological polar surface area (TPSA) is 12.5 Å². The second-order valence-corrected chi connectivity index (χ2v) is 3.95. The molecule has 1 heteroatoms. The Labute approximate surface area is 75.8 Å². The number of hydrogen-bond donors (Lipinski definition) is 0. The molecular weight excluding hydrogens is 148 g/mol. The fourth-order valence-electron chi connectivity index (χ4n) is 1.47. The van der Waals surface area contributed by atoms with Crippen LogP contribution in [-0.2, 0) is 4.74 Å². The van der Waals surface area contributed by atoms with Crippen molar-refractivity contribution in [2.24, 2.45) is 0 Å². The highest BCUT2D eigenvalue weighted by molar-refractivity contribution is 5.02. The fraction of sp³-hybridized carbons (Fsp3) is 0.818. The predicted octanol–water partition coefficient (Wildman–Crippen LogP) is 3.30. The maximum Gasteiger partial charge on any atom is 0.0918 e. The number of hydrogen-bond acceptors (Lipinski definition) is 1. The minimum Gasteiger partial charge on any atom is -0.366 e. The maximum absolute atomic E-state index is 5.62. The minimum absolute atomic E-state index is 0.216. The Bertz CT molecular complexity index is 183. The molecule has 0 bridgehead atoms. The van der Waals surface area contributed by atoms with Gasteiger partial charge in [-0.15, -0.1) is 0 Å². The van der Waals surface area contributed by atoms with Gasteiger partial charge in [0.2, 0.25) is 0 Å². The molecule has 1 aliphatic rings. The summed E-state index contributed by atoms with van der Waals surface area (Å²) in [5.74, 6) is 0. The van der Waals surface area contributed by atoms with Crippen LogP contribution in [0, 0.1) is 0 Å². The van der Waals surface area contributed by atoms with E-state index in [9.17, 15) is 0 Å². The molecule has 1 rings (SSSR count). The van der Waals surface area contributed by atoms with Crippen LogP contribution in [0.4, 0.5) is 0 Å². The first kappa shape index (κ1) is 9.79. The van der Waals surface area contributed by atoms with Crippen molar-refractivity contribution in [3.8, 4) is 0 Å². The van der Waals surface area contributed by atoms with E-state index in [4.69, 9.17) is 4.74 Å². The van der Waals surface area contributed by atoms with Gasteiger partial charge in [-0.3, -0.25) is 0 Å². The third-order valence-corrected chi connectivity index (χ3v) is 3.03. The van der Waals surface area contributed by atoms with Gasteiger partial charge in [-0.25, -0.2) is 0 Å². The van der Waals surface area contributed by atoms with Gasteiger partial charge in [-0.2, -0.15) is 0 Å². The number of rotatable bonds is 4. The SMILES string of the molecule is CC=C(C)CCC1OC1(C)CC. The summed E-state index contributed by atoms with van der Waals surface area (Å²) < 4.78 is 5.62. The summed E-state index contributed by atoms with van der Waals surface area (Å²) in [5, 5.41) is 0. The molecule has 1 aliphatic heterocycles. The summed E-state index contributed by atoms with van der Waals surface area (Å²) in [5.41, 5.74) is 1.69. The van der Waals surface area contributed by atoms with Gasteiger partial charge >= 0.3 is 0 Å². The molecule has 0 aromatic heterocycles. The van der Waals surface area contributed by atoms with Crippen LogP contribution in [0.1, 0.15) is 47.0 Å². The average Bonchev–Trinajstić information content (AvgIpc) is 2.74. The van der Waals surface area contributed by atoms with E-state index in [0.29, 0.717) is 6.10 Å². The maximum atomic E-state index is 5.62. The molecule has 1 saturated heterocycles. The van der Waals surface area contributed by atoms with Gasteiger partial charge in [0.05, 0.1) is 11.7 Å². The van der Waals surface area contributed by atoms with Crippen molar-refractivity contribution in [3.63, 3.8) is 0 Å². The van der Waals surface area contributed by atoms with Crippen molar-refractivity contribution < 1.29 is 4.74 Å². The van der Waals surface area contributed by atoms with E-state index in [1.165, 1.54) is 18.4 Å². The molecule has 2 unspecified atom stereocenters. The van der Waals surface area contributed by atoms with Gasteiger partial charge in [-0.05, 0) is 40.0 Å². The molecule has 0 aliphatic carbocycles. The Morgan fingerprint density at radius 1 is 1.58 bits per heavy atom. The summed E-state index contributed by atoms with van der Waals surface area (Å²) >= 11 is 0. The highest BCUT2D eigenvalue weighted by Crippen LogP contribution is 2.42. The van der Waals surface area contributed by atoms with E-state index in [2.05, 4.69) is 33.8 Å². The van der Waals surface area contributed by atoms with Gasteiger partial charge in [0, 0.05) is 0 Å². The summed E-state index contributed by atoms with van der Waals surface area (Å²) in [7, 11) is 0. The lowest BCUT2D eigenvalue weighted by molar-refractivity contribution is 0.300. The normalized spacial score (nSPS) is 35.3. The van der Waals surface area contributed by atoms with Crippen LogP contribution < -0.4 is 0 Å². The Hall–Kier alpha value is -0.300. The minimum atomic E-state index is 0.216. The molecular formula is C11H20O. The molecule has 0 aromatic rings. The average molecular weight is 168 g/mol. The monoisotopic (exact) mass is 168 g/mol. The van der Waals surface area contributed by atoms with Gasteiger partial charge in [0.15, 0.2) is 0 Å². The largest absolute Gasteiger partial charge is 0.366 e. The lowest BCUT2D eigenvalue weighted by atomic mass is 9.99. The van der Waals surface area contributed by atoms with E-state index >= 15 is 0 Å². The van der Waals surface area contributed by atoms with Crippen LogP contribution in [0.25, 0.3) is 0 Å². The van der Waals surface area contributed by atoms with Crippen molar-refractivity contribution in [1.29, 1.82) is 0 Å². The summed E-state index contributed by atoms with van der Waals surface area (Å²) in [6, 6.07) is 0. The third kappa shape index (κ3) is 2.10. The van der Waals surface area contributed by atoms with Gasteiger partial charge in [0.1, 0.15) is 0 Å². The van der Waals surface area contributed by atoms with Crippen LogP contribution in [0.5, 0.6) is 0 Å². The molecule has 0 amide bonds. The Kier molecular flexibility index (Phi) is 2.94. The van der Waals surface area contributed by atoms with Gasteiger partial charge < -0.3 is 4.74 Å². The Balaban J connectivity index is 2.20. The zero-order valence-corrected chi connectivity index (χ0v) is 8.68. The molecule has 2 atom stereocenters. The van der Waals surface area contributed by atoms with Crippen molar-refractivity contribution in [1.82, 2.24) is 0 Å².